The van der Waals surface area contributed by atoms with Crippen LogP contribution in [-0.4, -0.2) is 47.6 Å². The lowest BCUT2D eigenvalue weighted by Crippen LogP contribution is -2.37. The second kappa shape index (κ2) is 6.91. The van der Waals surface area contributed by atoms with Crippen molar-refractivity contribution in [1.29, 1.82) is 0 Å². The van der Waals surface area contributed by atoms with E-state index < -0.39 is 0 Å². The van der Waals surface area contributed by atoms with Gasteiger partial charge in [0.25, 0.3) is 5.91 Å². The standard InChI is InChI=1S/C16H18N2O3/c1-12(20)17-15-7-8-18(11-15)16(21)14-6-2-4-13(10-14)5-3-9-19/h2,4,6,10,15,19H,7-9,11H2,1H3,(H,17,20). The fourth-order valence-corrected chi connectivity index (χ4v) is 2.40. The van der Waals surface area contributed by atoms with Gasteiger partial charge in [0.2, 0.25) is 5.91 Å². The maximum Gasteiger partial charge on any atom is 0.253 e. The molecule has 0 bridgehead atoms. The summed E-state index contributed by atoms with van der Waals surface area (Å²) in [5.41, 5.74) is 1.27. The van der Waals surface area contributed by atoms with Gasteiger partial charge in [-0.05, 0) is 24.6 Å². The average Bonchev–Trinajstić information content (AvgIpc) is 2.92. The first-order valence-electron chi connectivity index (χ1n) is 6.86. The summed E-state index contributed by atoms with van der Waals surface area (Å²) in [6.45, 7) is 2.44. The number of aliphatic hydroxyl groups excluding tert-OH is 1. The Bertz CT molecular complexity index is 601. The smallest absolute Gasteiger partial charge is 0.253 e. The van der Waals surface area contributed by atoms with Gasteiger partial charge in [0.05, 0.1) is 0 Å². The summed E-state index contributed by atoms with van der Waals surface area (Å²) >= 11 is 0. The van der Waals surface area contributed by atoms with Crippen LogP contribution in [-0.2, 0) is 4.79 Å². The molecule has 0 aliphatic carbocycles. The molecule has 1 aromatic carbocycles. The van der Waals surface area contributed by atoms with Gasteiger partial charge in [-0.3, -0.25) is 9.59 Å². The largest absolute Gasteiger partial charge is 0.384 e. The molecule has 1 aromatic rings. The first-order valence-corrected chi connectivity index (χ1v) is 6.86. The first kappa shape index (κ1) is 15.1. The third kappa shape index (κ3) is 4.07. The van der Waals surface area contributed by atoms with Crippen molar-refractivity contribution in [3.63, 3.8) is 0 Å². The number of carbonyl (C=O) groups excluding carboxylic acids is 2. The average molecular weight is 286 g/mol. The van der Waals surface area contributed by atoms with Gasteiger partial charge >= 0.3 is 0 Å². The van der Waals surface area contributed by atoms with Gasteiger partial charge in [0.15, 0.2) is 0 Å². The third-order valence-corrected chi connectivity index (χ3v) is 3.30. The zero-order chi connectivity index (χ0) is 15.2. The van der Waals surface area contributed by atoms with E-state index in [9.17, 15) is 9.59 Å². The highest BCUT2D eigenvalue weighted by Crippen LogP contribution is 2.14. The van der Waals surface area contributed by atoms with Gasteiger partial charge < -0.3 is 15.3 Å². The number of benzene rings is 1. The Hall–Kier alpha value is -2.32. The van der Waals surface area contributed by atoms with Crippen molar-refractivity contribution in [2.24, 2.45) is 0 Å². The quantitative estimate of drug-likeness (QED) is 0.772. The summed E-state index contributed by atoms with van der Waals surface area (Å²) in [6, 6.07) is 7.07. The maximum absolute atomic E-state index is 12.4. The van der Waals surface area contributed by atoms with E-state index in [4.69, 9.17) is 5.11 Å². The SMILES string of the molecule is CC(=O)NC1CCN(C(=O)c2cccc(C#CCO)c2)C1. The fourth-order valence-electron chi connectivity index (χ4n) is 2.40. The van der Waals surface area contributed by atoms with Crippen LogP contribution in [0.3, 0.4) is 0 Å². The van der Waals surface area contributed by atoms with Crippen LogP contribution in [0.5, 0.6) is 0 Å². The van der Waals surface area contributed by atoms with Crippen molar-refractivity contribution in [2.75, 3.05) is 19.7 Å². The zero-order valence-electron chi connectivity index (χ0n) is 11.9. The number of amides is 2. The molecule has 1 aliphatic rings. The Kier molecular flexibility index (Phi) is 4.96. The van der Waals surface area contributed by atoms with Crippen LogP contribution in [0, 0.1) is 11.8 Å². The molecule has 110 valence electrons. The monoisotopic (exact) mass is 286 g/mol. The third-order valence-electron chi connectivity index (χ3n) is 3.30. The van der Waals surface area contributed by atoms with E-state index in [1.807, 2.05) is 0 Å². The molecule has 5 heteroatoms. The normalized spacial score (nSPS) is 17.0. The van der Waals surface area contributed by atoms with Gasteiger partial charge in [-0.15, -0.1) is 0 Å². The summed E-state index contributed by atoms with van der Waals surface area (Å²) in [4.78, 5) is 25.2. The summed E-state index contributed by atoms with van der Waals surface area (Å²) in [6.07, 6.45) is 0.773. The van der Waals surface area contributed by atoms with E-state index in [-0.39, 0.29) is 24.5 Å². The summed E-state index contributed by atoms with van der Waals surface area (Å²) in [5, 5.41) is 11.5. The van der Waals surface area contributed by atoms with Crippen molar-refractivity contribution in [3.8, 4) is 11.8 Å². The number of hydrogen-bond acceptors (Lipinski definition) is 3. The highest BCUT2D eigenvalue weighted by atomic mass is 16.2. The number of aliphatic hydroxyl groups is 1. The topological polar surface area (TPSA) is 69.6 Å². The van der Waals surface area contributed by atoms with E-state index in [1.165, 1.54) is 6.92 Å². The Balaban J connectivity index is 2.05. The molecular weight excluding hydrogens is 268 g/mol. The predicted molar refractivity (Wildman–Crippen MR) is 78.5 cm³/mol. The Morgan fingerprint density at radius 3 is 3.00 bits per heavy atom. The van der Waals surface area contributed by atoms with E-state index in [1.54, 1.807) is 29.2 Å². The summed E-state index contributed by atoms with van der Waals surface area (Å²) in [5.74, 6) is 5.22. The minimum absolute atomic E-state index is 0.0313. The van der Waals surface area contributed by atoms with Crippen molar-refractivity contribution >= 4 is 11.8 Å². The summed E-state index contributed by atoms with van der Waals surface area (Å²) in [7, 11) is 0. The second-order valence-corrected chi connectivity index (χ2v) is 4.98. The molecular formula is C16H18N2O3. The molecule has 0 aromatic heterocycles. The van der Waals surface area contributed by atoms with Crippen molar-refractivity contribution in [3.05, 3.63) is 35.4 Å². The van der Waals surface area contributed by atoms with Crippen LogP contribution in [0.1, 0.15) is 29.3 Å². The van der Waals surface area contributed by atoms with E-state index in [0.29, 0.717) is 24.2 Å². The molecule has 1 saturated heterocycles. The number of rotatable bonds is 2. The first-order chi connectivity index (χ1) is 10.1. The summed E-state index contributed by atoms with van der Waals surface area (Å²) < 4.78 is 0. The maximum atomic E-state index is 12.4. The second-order valence-electron chi connectivity index (χ2n) is 4.98. The minimum atomic E-state index is -0.206. The molecule has 2 rings (SSSR count). The van der Waals surface area contributed by atoms with Gasteiger partial charge in [0, 0.05) is 37.2 Å². The molecule has 0 spiro atoms. The lowest BCUT2D eigenvalue weighted by atomic mass is 10.1. The highest BCUT2D eigenvalue weighted by Gasteiger charge is 2.27. The Labute approximate surface area is 124 Å². The van der Waals surface area contributed by atoms with E-state index in [2.05, 4.69) is 17.2 Å². The van der Waals surface area contributed by atoms with Gasteiger partial charge in [-0.2, -0.15) is 0 Å². The lowest BCUT2D eigenvalue weighted by Gasteiger charge is -2.17. The molecule has 1 unspecified atom stereocenters. The minimum Gasteiger partial charge on any atom is -0.384 e. The predicted octanol–water partition coefficient (Wildman–Crippen LogP) is 0.381. The van der Waals surface area contributed by atoms with Crippen LogP contribution in [0.25, 0.3) is 0 Å². The molecule has 0 radical (unpaired) electrons. The van der Waals surface area contributed by atoms with E-state index in [0.717, 1.165) is 6.42 Å². The number of nitrogens with one attached hydrogen (secondary N) is 1. The van der Waals surface area contributed by atoms with Crippen LogP contribution in [0.2, 0.25) is 0 Å². The number of likely N-dealkylation sites (tertiary alicyclic amines) is 1. The number of hydrogen-bond donors (Lipinski definition) is 2. The lowest BCUT2D eigenvalue weighted by molar-refractivity contribution is -0.119. The highest BCUT2D eigenvalue weighted by molar-refractivity contribution is 5.94. The van der Waals surface area contributed by atoms with E-state index >= 15 is 0 Å². The van der Waals surface area contributed by atoms with Crippen LogP contribution in [0.15, 0.2) is 24.3 Å². The molecule has 1 fully saturated rings. The fraction of sp³-hybridized carbons (Fsp3) is 0.375. The van der Waals surface area contributed by atoms with Crippen LogP contribution >= 0.6 is 0 Å². The van der Waals surface area contributed by atoms with Gasteiger partial charge in [-0.25, -0.2) is 0 Å². The molecule has 2 N–H and O–H groups in total. The van der Waals surface area contributed by atoms with Crippen molar-refractivity contribution in [1.82, 2.24) is 10.2 Å². The Morgan fingerprint density at radius 2 is 2.29 bits per heavy atom. The van der Waals surface area contributed by atoms with Crippen LogP contribution in [0.4, 0.5) is 0 Å². The number of carbonyl (C=O) groups is 2. The molecule has 1 aliphatic heterocycles. The molecule has 1 heterocycles. The van der Waals surface area contributed by atoms with Gasteiger partial charge in [0.1, 0.15) is 6.61 Å². The van der Waals surface area contributed by atoms with Crippen LogP contribution < -0.4 is 5.32 Å². The van der Waals surface area contributed by atoms with Gasteiger partial charge in [-0.1, -0.05) is 17.9 Å². The molecule has 2 amide bonds. The number of nitrogens with zero attached hydrogens (tertiary/aromatic N) is 1. The van der Waals surface area contributed by atoms with Crippen molar-refractivity contribution in [2.45, 2.75) is 19.4 Å². The Morgan fingerprint density at radius 1 is 1.48 bits per heavy atom. The zero-order valence-corrected chi connectivity index (χ0v) is 11.9. The molecule has 21 heavy (non-hydrogen) atoms. The van der Waals surface area contributed by atoms with Crippen molar-refractivity contribution < 1.29 is 14.7 Å². The molecule has 1 atom stereocenters. The molecule has 0 saturated carbocycles. The molecule has 5 nitrogen and oxygen atoms in total.